The number of aromatic carboxylic acids is 1. The molecule has 0 aromatic heterocycles. The van der Waals surface area contributed by atoms with E-state index in [-0.39, 0.29) is 30.5 Å². The maximum Gasteiger partial charge on any atom is 0.407 e. The van der Waals surface area contributed by atoms with Crippen molar-refractivity contribution in [1.82, 2.24) is 5.32 Å². The van der Waals surface area contributed by atoms with Gasteiger partial charge >= 0.3 is 12.1 Å². The molecule has 0 unspecified atom stereocenters. The van der Waals surface area contributed by atoms with Crippen LogP contribution in [0, 0.1) is 5.41 Å². The molecule has 180 valence electrons. The molecule has 0 heterocycles. The lowest BCUT2D eigenvalue weighted by atomic mass is 9.91. The van der Waals surface area contributed by atoms with Gasteiger partial charge in [0.2, 0.25) is 5.91 Å². The number of ether oxygens (including phenoxy) is 1. The van der Waals surface area contributed by atoms with Crippen molar-refractivity contribution in [2.45, 2.75) is 19.8 Å². The number of carbonyl (C=O) groups excluding carboxylic acids is 2. The average Bonchev–Trinajstić information content (AvgIpc) is 3.19. The zero-order chi connectivity index (χ0) is 25.2. The summed E-state index contributed by atoms with van der Waals surface area (Å²) in [6.45, 7) is 3.76. The Balaban J connectivity index is 1.35. The summed E-state index contributed by atoms with van der Waals surface area (Å²) in [6.07, 6.45) is -0.582. The van der Waals surface area contributed by atoms with Gasteiger partial charge in [-0.3, -0.25) is 4.79 Å². The number of benzene rings is 3. The first kappa shape index (κ1) is 24.0. The van der Waals surface area contributed by atoms with Crippen molar-refractivity contribution in [2.75, 3.05) is 25.1 Å². The van der Waals surface area contributed by atoms with Crippen molar-refractivity contribution >= 4 is 23.7 Å². The fourth-order valence-electron chi connectivity index (χ4n) is 4.42. The summed E-state index contributed by atoms with van der Waals surface area (Å²) >= 11 is 0. The van der Waals surface area contributed by atoms with Gasteiger partial charge in [-0.25, -0.2) is 9.59 Å². The first-order chi connectivity index (χ1) is 16.7. The number of nitrogens with one attached hydrogen (secondary N) is 1. The Labute approximate surface area is 204 Å². The SMILES string of the molecule is CN(C(=O)C(C)(C)CNC(=O)OCC1c2ccccc2-c2ccccc21)c1ccc(C(=O)O)cc1. The van der Waals surface area contributed by atoms with Crippen molar-refractivity contribution in [3.05, 3.63) is 89.5 Å². The predicted octanol–water partition coefficient (Wildman–Crippen LogP) is 4.91. The molecule has 0 fully saturated rings. The normalized spacial score (nSPS) is 12.4. The summed E-state index contributed by atoms with van der Waals surface area (Å²) in [5.41, 5.74) is 4.37. The number of carboxylic acids is 1. The Morgan fingerprint density at radius 2 is 1.46 bits per heavy atom. The Kier molecular flexibility index (Phi) is 6.60. The highest BCUT2D eigenvalue weighted by Crippen LogP contribution is 2.44. The van der Waals surface area contributed by atoms with Crippen molar-refractivity contribution in [3.63, 3.8) is 0 Å². The van der Waals surface area contributed by atoms with Crippen LogP contribution < -0.4 is 10.2 Å². The molecule has 2 amide bonds. The van der Waals surface area contributed by atoms with E-state index in [1.807, 2.05) is 24.3 Å². The van der Waals surface area contributed by atoms with Crippen LogP contribution in [-0.2, 0) is 9.53 Å². The topological polar surface area (TPSA) is 95.9 Å². The fraction of sp³-hybridized carbons (Fsp3) is 0.250. The van der Waals surface area contributed by atoms with E-state index in [4.69, 9.17) is 9.84 Å². The van der Waals surface area contributed by atoms with Crippen LogP contribution in [0.2, 0.25) is 0 Å². The molecule has 1 aliphatic rings. The van der Waals surface area contributed by atoms with E-state index in [0.717, 1.165) is 22.3 Å². The molecule has 7 heteroatoms. The van der Waals surface area contributed by atoms with Gasteiger partial charge in [0.25, 0.3) is 0 Å². The van der Waals surface area contributed by atoms with E-state index >= 15 is 0 Å². The molecule has 2 N–H and O–H groups in total. The van der Waals surface area contributed by atoms with Crippen LogP contribution >= 0.6 is 0 Å². The Morgan fingerprint density at radius 3 is 2.00 bits per heavy atom. The fourth-order valence-corrected chi connectivity index (χ4v) is 4.42. The molecule has 0 saturated carbocycles. The minimum atomic E-state index is -1.03. The number of anilines is 1. The second-order valence-electron chi connectivity index (χ2n) is 9.28. The second-order valence-corrected chi connectivity index (χ2v) is 9.28. The maximum absolute atomic E-state index is 13.1. The largest absolute Gasteiger partial charge is 0.478 e. The molecule has 3 aromatic rings. The van der Waals surface area contributed by atoms with Crippen LogP contribution in [0.4, 0.5) is 10.5 Å². The molecule has 0 spiro atoms. The molecular formula is C28H28N2O5. The van der Waals surface area contributed by atoms with Gasteiger partial charge in [0.1, 0.15) is 6.61 Å². The lowest BCUT2D eigenvalue weighted by Crippen LogP contribution is -2.46. The van der Waals surface area contributed by atoms with Gasteiger partial charge in [0.05, 0.1) is 11.0 Å². The number of hydrogen-bond acceptors (Lipinski definition) is 4. The third-order valence-electron chi connectivity index (χ3n) is 6.40. The number of rotatable bonds is 7. The second kappa shape index (κ2) is 9.62. The molecule has 0 radical (unpaired) electrons. The van der Waals surface area contributed by atoms with Crippen molar-refractivity contribution in [2.24, 2.45) is 5.41 Å². The van der Waals surface area contributed by atoms with Gasteiger partial charge in [-0.1, -0.05) is 48.5 Å². The molecule has 4 rings (SSSR count). The van der Waals surface area contributed by atoms with Gasteiger partial charge in [-0.2, -0.15) is 0 Å². The van der Waals surface area contributed by atoms with Gasteiger partial charge in [0, 0.05) is 25.2 Å². The summed E-state index contributed by atoms with van der Waals surface area (Å²) in [6, 6.07) is 22.3. The van der Waals surface area contributed by atoms with Crippen molar-refractivity contribution in [3.8, 4) is 11.1 Å². The summed E-state index contributed by atoms with van der Waals surface area (Å²) < 4.78 is 5.56. The van der Waals surface area contributed by atoms with Gasteiger partial charge in [-0.15, -0.1) is 0 Å². The number of carboxylic acid groups (broad SMARTS) is 1. The van der Waals surface area contributed by atoms with Crippen LogP contribution in [0.5, 0.6) is 0 Å². The quantitative estimate of drug-likeness (QED) is 0.509. The zero-order valence-electron chi connectivity index (χ0n) is 19.9. The smallest absolute Gasteiger partial charge is 0.407 e. The Morgan fingerprint density at radius 1 is 0.914 bits per heavy atom. The van der Waals surface area contributed by atoms with Crippen LogP contribution in [0.25, 0.3) is 11.1 Å². The monoisotopic (exact) mass is 472 g/mol. The molecule has 0 bridgehead atoms. The van der Waals surface area contributed by atoms with Gasteiger partial charge < -0.3 is 20.1 Å². The number of alkyl carbamates (subject to hydrolysis) is 1. The first-order valence-corrected chi connectivity index (χ1v) is 11.4. The third-order valence-corrected chi connectivity index (χ3v) is 6.40. The highest BCUT2D eigenvalue weighted by molar-refractivity contribution is 5.97. The zero-order valence-corrected chi connectivity index (χ0v) is 19.9. The van der Waals surface area contributed by atoms with E-state index in [0.29, 0.717) is 5.69 Å². The number of carbonyl (C=O) groups is 3. The van der Waals surface area contributed by atoms with E-state index in [1.54, 1.807) is 33.0 Å². The third kappa shape index (κ3) is 4.89. The predicted molar refractivity (Wildman–Crippen MR) is 134 cm³/mol. The standard InChI is InChI=1S/C28H28N2O5/c1-28(2,26(33)30(3)19-14-12-18(13-15-19)25(31)32)17-29-27(34)35-16-24-22-10-6-4-8-20(22)21-9-5-7-11-23(21)24/h4-15,24H,16-17H2,1-3H3,(H,29,34)(H,31,32). The number of amides is 2. The molecular weight excluding hydrogens is 444 g/mol. The molecule has 1 aliphatic carbocycles. The van der Waals surface area contributed by atoms with Gasteiger partial charge in [0.15, 0.2) is 0 Å². The van der Waals surface area contributed by atoms with E-state index in [1.165, 1.54) is 17.0 Å². The molecule has 0 aliphatic heterocycles. The molecule has 35 heavy (non-hydrogen) atoms. The molecule has 3 aromatic carbocycles. The summed E-state index contributed by atoms with van der Waals surface area (Å²) in [5, 5.41) is 11.8. The summed E-state index contributed by atoms with van der Waals surface area (Å²) in [4.78, 5) is 38.1. The van der Waals surface area contributed by atoms with Crippen molar-refractivity contribution < 1.29 is 24.2 Å². The highest BCUT2D eigenvalue weighted by Gasteiger charge is 2.33. The summed E-state index contributed by atoms with van der Waals surface area (Å²) in [7, 11) is 1.62. The first-order valence-electron chi connectivity index (χ1n) is 11.4. The van der Waals surface area contributed by atoms with Crippen LogP contribution in [0.3, 0.4) is 0 Å². The van der Waals surface area contributed by atoms with E-state index < -0.39 is 17.5 Å². The lowest BCUT2D eigenvalue weighted by Gasteiger charge is -2.29. The van der Waals surface area contributed by atoms with Gasteiger partial charge in [-0.05, 0) is 60.4 Å². The Hall–Kier alpha value is -4.13. The summed E-state index contributed by atoms with van der Waals surface area (Å²) in [5.74, 6) is -1.29. The molecule has 0 atom stereocenters. The van der Waals surface area contributed by atoms with E-state index in [9.17, 15) is 14.4 Å². The molecule has 7 nitrogen and oxygen atoms in total. The number of nitrogens with zero attached hydrogens (tertiary/aromatic N) is 1. The Bertz CT molecular complexity index is 1220. The average molecular weight is 473 g/mol. The number of hydrogen-bond donors (Lipinski definition) is 2. The highest BCUT2D eigenvalue weighted by atomic mass is 16.5. The molecule has 0 saturated heterocycles. The minimum absolute atomic E-state index is 0.0392. The van der Waals surface area contributed by atoms with Crippen LogP contribution in [0.15, 0.2) is 72.8 Å². The van der Waals surface area contributed by atoms with Crippen LogP contribution in [-0.4, -0.2) is 43.3 Å². The van der Waals surface area contributed by atoms with Crippen LogP contribution in [0.1, 0.15) is 41.3 Å². The van der Waals surface area contributed by atoms with E-state index in [2.05, 4.69) is 29.6 Å². The lowest BCUT2D eigenvalue weighted by molar-refractivity contribution is -0.126. The minimum Gasteiger partial charge on any atom is -0.478 e. The number of fused-ring (bicyclic) bond motifs is 3. The maximum atomic E-state index is 13.1. The van der Waals surface area contributed by atoms with Crippen molar-refractivity contribution in [1.29, 1.82) is 0 Å².